The number of hydrogen-bond donors (Lipinski definition) is 2. The van der Waals surface area contributed by atoms with Gasteiger partial charge in [-0.1, -0.05) is 36.8 Å². The van der Waals surface area contributed by atoms with Crippen LogP contribution in [0.4, 0.5) is 0 Å². The predicted molar refractivity (Wildman–Crippen MR) is 82.5 cm³/mol. The van der Waals surface area contributed by atoms with Crippen LogP contribution in [0, 0.1) is 12.8 Å². The van der Waals surface area contributed by atoms with Gasteiger partial charge in [0.1, 0.15) is 0 Å². The molecule has 2 rings (SSSR count). The Bertz CT molecular complexity index is 437. The topological polar surface area (TPSA) is 41.1 Å². The molecule has 0 spiro atoms. The largest absolute Gasteiger partial charge is 0.355 e. The maximum atomic E-state index is 12.0. The predicted octanol–water partition coefficient (Wildman–Crippen LogP) is 2.95. The zero-order valence-corrected chi connectivity index (χ0v) is 12.8. The van der Waals surface area contributed by atoms with Crippen molar-refractivity contribution < 1.29 is 4.79 Å². The van der Waals surface area contributed by atoms with Crippen molar-refractivity contribution in [3.05, 3.63) is 35.4 Å². The zero-order valence-electron chi connectivity index (χ0n) is 12.8. The van der Waals surface area contributed by atoms with E-state index in [4.69, 9.17) is 0 Å². The molecule has 2 atom stereocenters. The lowest BCUT2D eigenvalue weighted by Crippen LogP contribution is -2.44. The van der Waals surface area contributed by atoms with E-state index in [1.807, 2.05) is 6.92 Å². The van der Waals surface area contributed by atoms with Crippen LogP contribution in [0.1, 0.15) is 50.3 Å². The number of aryl methyl sites for hydroxylation is 1. The molecule has 3 nitrogen and oxygen atoms in total. The van der Waals surface area contributed by atoms with Crippen molar-refractivity contribution in [3.8, 4) is 0 Å². The first kappa shape index (κ1) is 15.0. The average Bonchev–Trinajstić information content (AvgIpc) is 3.27. The highest BCUT2D eigenvalue weighted by Crippen LogP contribution is 2.41. The lowest BCUT2D eigenvalue weighted by Gasteiger charge is -2.23. The molecule has 3 heteroatoms. The van der Waals surface area contributed by atoms with Crippen LogP contribution < -0.4 is 10.6 Å². The van der Waals surface area contributed by atoms with E-state index in [2.05, 4.69) is 48.7 Å². The fourth-order valence-electron chi connectivity index (χ4n) is 2.45. The number of carbonyl (C=O) groups excluding carboxylic acids is 1. The molecule has 110 valence electrons. The van der Waals surface area contributed by atoms with Gasteiger partial charge in [0, 0.05) is 12.6 Å². The lowest BCUT2D eigenvalue weighted by molar-refractivity contribution is -0.123. The van der Waals surface area contributed by atoms with E-state index >= 15 is 0 Å². The second-order valence-corrected chi connectivity index (χ2v) is 5.91. The lowest BCUT2D eigenvalue weighted by atomic mass is 10.00. The smallest absolute Gasteiger partial charge is 0.236 e. The molecule has 1 amide bonds. The molecule has 2 N–H and O–H groups in total. The van der Waals surface area contributed by atoms with Gasteiger partial charge in [-0.25, -0.2) is 0 Å². The molecule has 1 aromatic carbocycles. The van der Waals surface area contributed by atoms with Gasteiger partial charge in [0.05, 0.1) is 6.04 Å². The third-order valence-electron chi connectivity index (χ3n) is 3.90. The summed E-state index contributed by atoms with van der Waals surface area (Å²) in [5, 5.41) is 6.47. The van der Waals surface area contributed by atoms with Crippen LogP contribution in [0.2, 0.25) is 0 Å². The van der Waals surface area contributed by atoms with Gasteiger partial charge in [-0.2, -0.15) is 0 Å². The Morgan fingerprint density at radius 1 is 1.30 bits per heavy atom. The van der Waals surface area contributed by atoms with Gasteiger partial charge in [0.15, 0.2) is 0 Å². The van der Waals surface area contributed by atoms with Gasteiger partial charge in [-0.05, 0) is 44.6 Å². The third kappa shape index (κ3) is 4.07. The SMILES string of the molecule is CCCNC(=O)C(C)NC(c1ccc(C)cc1)C1CC1. The van der Waals surface area contributed by atoms with Gasteiger partial charge in [-0.15, -0.1) is 0 Å². The molecular weight excluding hydrogens is 248 g/mol. The van der Waals surface area contributed by atoms with E-state index in [1.54, 1.807) is 0 Å². The van der Waals surface area contributed by atoms with Crippen molar-refractivity contribution in [2.75, 3.05) is 6.54 Å². The van der Waals surface area contributed by atoms with Gasteiger partial charge < -0.3 is 5.32 Å². The molecule has 0 aromatic heterocycles. The summed E-state index contributed by atoms with van der Waals surface area (Å²) in [6.07, 6.45) is 3.49. The second kappa shape index (κ2) is 6.89. The summed E-state index contributed by atoms with van der Waals surface area (Å²) in [5.74, 6) is 0.781. The Morgan fingerprint density at radius 2 is 1.95 bits per heavy atom. The molecule has 20 heavy (non-hydrogen) atoms. The molecule has 0 saturated heterocycles. The van der Waals surface area contributed by atoms with Crippen LogP contribution in [-0.2, 0) is 4.79 Å². The van der Waals surface area contributed by atoms with Crippen LogP contribution >= 0.6 is 0 Å². The fourth-order valence-corrected chi connectivity index (χ4v) is 2.45. The minimum Gasteiger partial charge on any atom is -0.355 e. The van der Waals surface area contributed by atoms with E-state index in [-0.39, 0.29) is 11.9 Å². The minimum absolute atomic E-state index is 0.101. The molecule has 0 bridgehead atoms. The first-order valence-electron chi connectivity index (χ1n) is 7.72. The highest BCUT2D eigenvalue weighted by atomic mass is 16.2. The number of benzene rings is 1. The normalized spacial score (nSPS) is 17.6. The van der Waals surface area contributed by atoms with Crippen LogP contribution in [0.15, 0.2) is 24.3 Å². The summed E-state index contributed by atoms with van der Waals surface area (Å²) in [4.78, 5) is 12.0. The van der Waals surface area contributed by atoms with Crippen molar-refractivity contribution in [2.45, 2.75) is 52.1 Å². The van der Waals surface area contributed by atoms with E-state index < -0.39 is 0 Å². The first-order valence-corrected chi connectivity index (χ1v) is 7.72. The molecule has 1 saturated carbocycles. The van der Waals surface area contributed by atoms with E-state index in [1.165, 1.54) is 24.0 Å². The summed E-state index contributed by atoms with van der Waals surface area (Å²) in [6.45, 7) is 6.87. The quantitative estimate of drug-likeness (QED) is 0.802. The first-order chi connectivity index (χ1) is 9.61. The summed E-state index contributed by atoms with van der Waals surface area (Å²) in [7, 11) is 0. The van der Waals surface area contributed by atoms with Crippen molar-refractivity contribution >= 4 is 5.91 Å². The van der Waals surface area contributed by atoms with E-state index in [0.29, 0.717) is 12.0 Å². The monoisotopic (exact) mass is 274 g/mol. The molecule has 2 unspecified atom stereocenters. The summed E-state index contributed by atoms with van der Waals surface area (Å²) < 4.78 is 0. The number of hydrogen-bond acceptors (Lipinski definition) is 2. The highest BCUT2D eigenvalue weighted by molar-refractivity contribution is 5.81. The van der Waals surface area contributed by atoms with Crippen molar-refractivity contribution in [2.24, 2.45) is 5.92 Å². The third-order valence-corrected chi connectivity index (χ3v) is 3.90. The van der Waals surface area contributed by atoms with Crippen LogP contribution in [0.3, 0.4) is 0 Å². The minimum atomic E-state index is -0.145. The van der Waals surface area contributed by atoms with Gasteiger partial charge in [0.2, 0.25) is 5.91 Å². The van der Waals surface area contributed by atoms with Gasteiger partial charge in [-0.3, -0.25) is 10.1 Å². The Hall–Kier alpha value is -1.35. The zero-order chi connectivity index (χ0) is 14.5. The Kier molecular flexibility index (Phi) is 5.18. The molecule has 0 radical (unpaired) electrons. The fraction of sp³-hybridized carbons (Fsp3) is 0.588. The summed E-state index contributed by atoms with van der Waals surface area (Å²) >= 11 is 0. The molecule has 1 fully saturated rings. The maximum absolute atomic E-state index is 12.0. The summed E-state index contributed by atoms with van der Waals surface area (Å²) in [6, 6.07) is 8.82. The van der Waals surface area contributed by atoms with Crippen LogP contribution in [0.25, 0.3) is 0 Å². The molecule has 1 aliphatic rings. The maximum Gasteiger partial charge on any atom is 0.236 e. The van der Waals surface area contributed by atoms with Crippen molar-refractivity contribution in [3.63, 3.8) is 0 Å². The Labute approximate surface area is 122 Å². The molecule has 1 aromatic rings. The second-order valence-electron chi connectivity index (χ2n) is 5.91. The van der Waals surface area contributed by atoms with Gasteiger partial charge in [0.25, 0.3) is 0 Å². The van der Waals surface area contributed by atoms with Crippen LogP contribution in [0.5, 0.6) is 0 Å². The average molecular weight is 274 g/mol. The van der Waals surface area contributed by atoms with Crippen molar-refractivity contribution in [1.29, 1.82) is 0 Å². The standard InChI is InChI=1S/C17H26N2O/c1-4-11-18-17(20)13(3)19-16(15-9-10-15)14-7-5-12(2)6-8-14/h5-8,13,15-16,19H,4,9-11H2,1-3H3,(H,18,20). The molecular formula is C17H26N2O. The summed E-state index contributed by atoms with van der Waals surface area (Å²) in [5.41, 5.74) is 2.57. The highest BCUT2D eigenvalue weighted by Gasteiger charge is 2.33. The molecule has 1 aliphatic carbocycles. The van der Waals surface area contributed by atoms with Crippen LogP contribution in [-0.4, -0.2) is 18.5 Å². The molecule has 0 aliphatic heterocycles. The Morgan fingerprint density at radius 3 is 2.50 bits per heavy atom. The number of amides is 1. The molecule has 0 heterocycles. The number of rotatable bonds is 7. The van der Waals surface area contributed by atoms with E-state index in [9.17, 15) is 4.79 Å². The Balaban J connectivity index is 1.99. The van der Waals surface area contributed by atoms with Gasteiger partial charge >= 0.3 is 0 Å². The van der Waals surface area contributed by atoms with Crippen molar-refractivity contribution in [1.82, 2.24) is 10.6 Å². The van der Waals surface area contributed by atoms with E-state index in [0.717, 1.165) is 13.0 Å². The number of nitrogens with one attached hydrogen (secondary N) is 2. The number of carbonyl (C=O) groups is 1.